The van der Waals surface area contributed by atoms with Gasteiger partial charge in [0.05, 0.1) is 6.61 Å². The Balaban J connectivity index is 1.86. The topological polar surface area (TPSA) is 43.3 Å². The summed E-state index contributed by atoms with van der Waals surface area (Å²) in [6.07, 6.45) is 0. The van der Waals surface area contributed by atoms with E-state index in [0.717, 1.165) is 22.3 Å². The van der Waals surface area contributed by atoms with E-state index in [1.165, 1.54) is 0 Å². The molecule has 4 nitrogen and oxygen atoms in total. The summed E-state index contributed by atoms with van der Waals surface area (Å²) in [5.41, 5.74) is 2.20. The standard InChI is InChI=1S/C18H17ClN2O2/c1-3-23-13-9-7-12(8-10-13)20-18(22)17-11-14-15(19)5-4-6-16(14)21(17)2/h4-11H,3H2,1-2H3,(H,20,22). The van der Waals surface area contributed by atoms with Crippen molar-refractivity contribution in [3.05, 3.63) is 59.2 Å². The lowest BCUT2D eigenvalue weighted by molar-refractivity contribution is 0.101. The first kappa shape index (κ1) is 15.4. The van der Waals surface area contributed by atoms with Crippen LogP contribution in [-0.4, -0.2) is 17.1 Å². The second-order valence-corrected chi connectivity index (χ2v) is 5.58. The molecule has 0 aliphatic heterocycles. The van der Waals surface area contributed by atoms with E-state index in [2.05, 4.69) is 5.32 Å². The van der Waals surface area contributed by atoms with Crippen LogP contribution in [0.1, 0.15) is 17.4 Å². The summed E-state index contributed by atoms with van der Waals surface area (Å²) in [5.74, 6) is 0.603. The van der Waals surface area contributed by atoms with Crippen molar-refractivity contribution in [1.29, 1.82) is 0 Å². The number of nitrogens with zero attached hydrogens (tertiary/aromatic N) is 1. The first-order valence-electron chi connectivity index (χ1n) is 7.38. The van der Waals surface area contributed by atoms with E-state index in [-0.39, 0.29) is 5.91 Å². The molecule has 0 atom stereocenters. The van der Waals surface area contributed by atoms with E-state index < -0.39 is 0 Å². The zero-order valence-electron chi connectivity index (χ0n) is 13.0. The molecule has 1 heterocycles. The maximum atomic E-state index is 12.5. The molecular weight excluding hydrogens is 312 g/mol. The molecule has 1 amide bonds. The Hall–Kier alpha value is -2.46. The lowest BCUT2D eigenvalue weighted by Crippen LogP contribution is -2.15. The highest BCUT2D eigenvalue weighted by Gasteiger charge is 2.15. The van der Waals surface area contributed by atoms with Gasteiger partial charge < -0.3 is 14.6 Å². The molecule has 0 unspecified atom stereocenters. The number of rotatable bonds is 4. The number of aryl methyl sites for hydroxylation is 1. The molecule has 3 rings (SSSR count). The number of halogens is 1. The fraction of sp³-hybridized carbons (Fsp3) is 0.167. The van der Waals surface area contributed by atoms with Crippen molar-refractivity contribution in [2.75, 3.05) is 11.9 Å². The average Bonchev–Trinajstić information content (AvgIpc) is 2.88. The fourth-order valence-corrected chi connectivity index (χ4v) is 2.76. The minimum Gasteiger partial charge on any atom is -0.494 e. The molecule has 0 aliphatic rings. The highest BCUT2D eigenvalue weighted by Crippen LogP contribution is 2.26. The Morgan fingerprint density at radius 2 is 1.96 bits per heavy atom. The first-order valence-corrected chi connectivity index (χ1v) is 7.76. The molecule has 1 aromatic heterocycles. The van der Waals surface area contributed by atoms with Gasteiger partial charge in [0, 0.05) is 28.7 Å². The summed E-state index contributed by atoms with van der Waals surface area (Å²) in [6, 6.07) is 14.7. The van der Waals surface area contributed by atoms with Crippen LogP contribution in [0.3, 0.4) is 0 Å². The average molecular weight is 329 g/mol. The Morgan fingerprint density at radius 1 is 1.22 bits per heavy atom. The molecule has 118 valence electrons. The van der Waals surface area contributed by atoms with Crippen LogP contribution in [0.15, 0.2) is 48.5 Å². The molecule has 5 heteroatoms. The number of anilines is 1. The predicted octanol–water partition coefficient (Wildman–Crippen LogP) is 4.48. The van der Waals surface area contributed by atoms with Gasteiger partial charge in [-0.05, 0) is 49.4 Å². The van der Waals surface area contributed by atoms with Crippen LogP contribution in [0.2, 0.25) is 5.02 Å². The van der Waals surface area contributed by atoms with E-state index >= 15 is 0 Å². The van der Waals surface area contributed by atoms with Gasteiger partial charge in [0.1, 0.15) is 11.4 Å². The number of ether oxygens (including phenoxy) is 1. The van der Waals surface area contributed by atoms with Gasteiger partial charge in [0.25, 0.3) is 5.91 Å². The van der Waals surface area contributed by atoms with E-state index in [1.54, 1.807) is 0 Å². The smallest absolute Gasteiger partial charge is 0.272 e. The molecule has 0 saturated heterocycles. The zero-order chi connectivity index (χ0) is 16.4. The molecular formula is C18H17ClN2O2. The lowest BCUT2D eigenvalue weighted by Gasteiger charge is -2.08. The number of hydrogen-bond donors (Lipinski definition) is 1. The zero-order valence-corrected chi connectivity index (χ0v) is 13.7. The summed E-state index contributed by atoms with van der Waals surface area (Å²) in [7, 11) is 1.85. The molecule has 0 spiro atoms. The van der Waals surface area contributed by atoms with E-state index in [4.69, 9.17) is 16.3 Å². The van der Waals surface area contributed by atoms with Crippen LogP contribution in [-0.2, 0) is 7.05 Å². The molecule has 0 fully saturated rings. The van der Waals surface area contributed by atoms with Gasteiger partial charge in [-0.25, -0.2) is 0 Å². The summed E-state index contributed by atoms with van der Waals surface area (Å²) < 4.78 is 7.23. The minimum absolute atomic E-state index is 0.177. The van der Waals surface area contributed by atoms with Crippen LogP contribution >= 0.6 is 11.6 Å². The number of hydrogen-bond acceptors (Lipinski definition) is 2. The van der Waals surface area contributed by atoms with Gasteiger partial charge in [-0.15, -0.1) is 0 Å². The Labute approximate surface area is 139 Å². The van der Waals surface area contributed by atoms with Gasteiger partial charge in [0.2, 0.25) is 0 Å². The number of fused-ring (bicyclic) bond motifs is 1. The number of amides is 1. The number of carbonyl (C=O) groups excluding carboxylic acids is 1. The van der Waals surface area contributed by atoms with Crippen LogP contribution in [0, 0.1) is 0 Å². The van der Waals surface area contributed by atoms with Crippen molar-refractivity contribution in [3.63, 3.8) is 0 Å². The van der Waals surface area contributed by atoms with Crippen molar-refractivity contribution < 1.29 is 9.53 Å². The van der Waals surface area contributed by atoms with Crippen LogP contribution in [0.4, 0.5) is 5.69 Å². The van der Waals surface area contributed by atoms with Crippen LogP contribution in [0.5, 0.6) is 5.75 Å². The number of carbonyl (C=O) groups is 1. The fourth-order valence-electron chi connectivity index (χ4n) is 2.54. The maximum Gasteiger partial charge on any atom is 0.272 e. The Kier molecular flexibility index (Phi) is 4.26. The lowest BCUT2D eigenvalue weighted by atomic mass is 10.2. The number of aromatic nitrogens is 1. The van der Waals surface area contributed by atoms with Gasteiger partial charge in [0.15, 0.2) is 0 Å². The summed E-state index contributed by atoms with van der Waals surface area (Å²) in [6.45, 7) is 2.54. The summed E-state index contributed by atoms with van der Waals surface area (Å²) in [5, 5.41) is 4.40. The van der Waals surface area contributed by atoms with E-state index in [9.17, 15) is 4.79 Å². The maximum absolute atomic E-state index is 12.5. The summed E-state index contributed by atoms with van der Waals surface area (Å²) in [4.78, 5) is 12.5. The largest absolute Gasteiger partial charge is 0.494 e. The highest BCUT2D eigenvalue weighted by molar-refractivity contribution is 6.35. The first-order chi connectivity index (χ1) is 11.1. The number of benzene rings is 2. The minimum atomic E-state index is -0.177. The Morgan fingerprint density at radius 3 is 2.61 bits per heavy atom. The molecule has 0 radical (unpaired) electrons. The normalized spacial score (nSPS) is 10.7. The molecule has 2 aromatic carbocycles. The van der Waals surface area contributed by atoms with Crippen molar-refractivity contribution in [2.24, 2.45) is 7.05 Å². The quantitative estimate of drug-likeness (QED) is 0.767. The van der Waals surface area contributed by atoms with E-state index in [0.29, 0.717) is 17.3 Å². The van der Waals surface area contributed by atoms with Crippen LogP contribution < -0.4 is 10.1 Å². The molecule has 0 aliphatic carbocycles. The monoisotopic (exact) mass is 328 g/mol. The molecule has 3 aromatic rings. The molecule has 0 saturated carbocycles. The third kappa shape index (κ3) is 3.03. The summed E-state index contributed by atoms with van der Waals surface area (Å²) >= 11 is 6.20. The SMILES string of the molecule is CCOc1ccc(NC(=O)c2cc3c(Cl)cccc3n2C)cc1. The number of nitrogens with one attached hydrogen (secondary N) is 1. The molecule has 0 bridgehead atoms. The van der Waals surface area contributed by atoms with Crippen molar-refractivity contribution in [3.8, 4) is 5.75 Å². The van der Waals surface area contributed by atoms with Gasteiger partial charge in [-0.2, -0.15) is 0 Å². The third-order valence-corrected chi connectivity index (χ3v) is 4.02. The van der Waals surface area contributed by atoms with Gasteiger partial charge >= 0.3 is 0 Å². The predicted molar refractivity (Wildman–Crippen MR) is 93.5 cm³/mol. The van der Waals surface area contributed by atoms with Crippen molar-refractivity contribution >= 4 is 34.1 Å². The van der Waals surface area contributed by atoms with E-state index in [1.807, 2.05) is 67.1 Å². The van der Waals surface area contributed by atoms with Gasteiger partial charge in [-0.1, -0.05) is 17.7 Å². The van der Waals surface area contributed by atoms with Crippen molar-refractivity contribution in [1.82, 2.24) is 4.57 Å². The van der Waals surface area contributed by atoms with Crippen LogP contribution in [0.25, 0.3) is 10.9 Å². The highest BCUT2D eigenvalue weighted by atomic mass is 35.5. The Bertz CT molecular complexity index is 853. The molecule has 1 N–H and O–H groups in total. The van der Waals surface area contributed by atoms with Crippen molar-refractivity contribution in [2.45, 2.75) is 6.92 Å². The third-order valence-electron chi connectivity index (χ3n) is 3.69. The second-order valence-electron chi connectivity index (χ2n) is 5.17. The second kappa shape index (κ2) is 6.34. The van der Waals surface area contributed by atoms with Gasteiger partial charge in [-0.3, -0.25) is 4.79 Å². The molecule has 23 heavy (non-hydrogen) atoms.